The van der Waals surface area contributed by atoms with E-state index >= 15 is 4.57 Å². The Morgan fingerprint density at radius 1 is 0.444 bits per heavy atom. The minimum absolute atomic E-state index is 0.791. The molecule has 0 saturated carbocycles. The summed E-state index contributed by atoms with van der Waals surface area (Å²) in [5.74, 6) is 1.59. The van der Waals surface area contributed by atoms with Crippen LogP contribution in [0.5, 0.6) is 11.5 Å². The summed E-state index contributed by atoms with van der Waals surface area (Å²) in [4.78, 5) is 0. The predicted octanol–water partition coefficient (Wildman–Crippen LogP) is 6.68. The van der Waals surface area contributed by atoms with E-state index in [-0.39, 0.29) is 0 Å². The third-order valence-electron chi connectivity index (χ3n) is 6.37. The van der Waals surface area contributed by atoms with Gasteiger partial charge in [-0.2, -0.15) is 0 Å². The van der Waals surface area contributed by atoms with Crippen molar-refractivity contribution in [2.75, 3.05) is 14.2 Å². The van der Waals surface area contributed by atoms with Gasteiger partial charge in [-0.15, -0.1) is 0 Å². The van der Waals surface area contributed by atoms with E-state index < -0.39 is 7.14 Å². The molecule has 4 heteroatoms. The van der Waals surface area contributed by atoms with Gasteiger partial charge in [-0.25, -0.2) is 0 Å². The molecule has 178 valence electrons. The number of hydrogen-bond donors (Lipinski definition) is 0. The first-order valence-electron chi connectivity index (χ1n) is 11.8. The lowest BCUT2D eigenvalue weighted by Gasteiger charge is -2.22. The van der Waals surface area contributed by atoms with E-state index in [0.29, 0.717) is 0 Å². The minimum Gasteiger partial charge on any atom is -0.497 e. The molecule has 5 rings (SSSR count). The van der Waals surface area contributed by atoms with Crippen LogP contribution in [0.1, 0.15) is 0 Å². The van der Waals surface area contributed by atoms with Crippen molar-refractivity contribution < 1.29 is 14.0 Å². The molecule has 0 bridgehead atoms. The predicted molar refractivity (Wildman–Crippen MR) is 150 cm³/mol. The Bertz CT molecular complexity index is 1380. The average molecular weight is 491 g/mol. The van der Waals surface area contributed by atoms with E-state index in [4.69, 9.17) is 9.47 Å². The fraction of sp³-hybridized carbons (Fsp3) is 0.0625. The van der Waals surface area contributed by atoms with Crippen LogP contribution < -0.4 is 25.4 Å². The van der Waals surface area contributed by atoms with Gasteiger partial charge < -0.3 is 14.0 Å². The summed E-state index contributed by atoms with van der Waals surface area (Å²) in [7, 11) is 0.169. The van der Waals surface area contributed by atoms with Crippen molar-refractivity contribution in [3.05, 3.63) is 127 Å². The summed E-state index contributed by atoms with van der Waals surface area (Å²) in [5.41, 5.74) is 4.04. The van der Waals surface area contributed by atoms with Crippen molar-refractivity contribution in [2.24, 2.45) is 0 Å². The van der Waals surface area contributed by atoms with Crippen LogP contribution in [-0.4, -0.2) is 14.2 Å². The van der Waals surface area contributed by atoms with Crippen LogP contribution in [-0.2, 0) is 4.57 Å². The Labute approximate surface area is 212 Å². The van der Waals surface area contributed by atoms with Gasteiger partial charge in [0.25, 0.3) is 0 Å². The van der Waals surface area contributed by atoms with E-state index in [1.165, 1.54) is 0 Å². The van der Waals surface area contributed by atoms with Gasteiger partial charge in [0.15, 0.2) is 7.14 Å². The van der Waals surface area contributed by atoms with Crippen LogP contribution in [0.2, 0.25) is 0 Å². The molecular formula is C32H27O3P. The lowest BCUT2D eigenvalue weighted by atomic mass is 9.99. The quantitative estimate of drug-likeness (QED) is 0.239. The molecule has 3 nitrogen and oxygen atoms in total. The minimum atomic E-state index is -3.15. The lowest BCUT2D eigenvalue weighted by molar-refractivity contribution is 0.415. The van der Waals surface area contributed by atoms with Crippen molar-refractivity contribution in [1.29, 1.82) is 0 Å². The van der Waals surface area contributed by atoms with Crippen molar-refractivity contribution in [3.63, 3.8) is 0 Å². The molecule has 0 fully saturated rings. The van der Waals surface area contributed by atoms with Crippen molar-refractivity contribution in [2.45, 2.75) is 0 Å². The van der Waals surface area contributed by atoms with Gasteiger partial charge in [0.05, 0.1) is 14.2 Å². The standard InChI is InChI=1S/C32H27O3P/c1-34-28-17-13-24(14-18-28)26-21-27(25-15-19-29(35-2)20-16-25)23-32(22-26)36(33,30-9-5-3-6-10-30)31-11-7-4-8-12-31/h3-23H,1-2H3. The van der Waals surface area contributed by atoms with Gasteiger partial charge in [0, 0.05) is 15.9 Å². The van der Waals surface area contributed by atoms with Crippen molar-refractivity contribution in [1.82, 2.24) is 0 Å². The van der Waals surface area contributed by atoms with Gasteiger partial charge in [-0.05, 0) is 64.7 Å². The molecule has 0 radical (unpaired) electrons. The van der Waals surface area contributed by atoms with Crippen LogP contribution in [0.4, 0.5) is 0 Å². The van der Waals surface area contributed by atoms with Crippen LogP contribution in [0.25, 0.3) is 22.3 Å². The Hall–Kier alpha value is -4.07. The SMILES string of the molecule is COc1ccc(-c2cc(-c3ccc(OC)cc3)cc(P(=O)(c3ccccc3)c3ccccc3)c2)cc1. The third kappa shape index (κ3) is 4.58. The second-order valence-electron chi connectivity index (χ2n) is 8.51. The third-order valence-corrected chi connectivity index (χ3v) is 9.40. The lowest BCUT2D eigenvalue weighted by Crippen LogP contribution is -2.25. The smallest absolute Gasteiger partial charge is 0.171 e. The number of methoxy groups -OCH3 is 2. The zero-order valence-electron chi connectivity index (χ0n) is 20.3. The van der Waals surface area contributed by atoms with Crippen LogP contribution >= 0.6 is 7.14 Å². The number of rotatable bonds is 7. The highest BCUT2D eigenvalue weighted by Gasteiger charge is 2.30. The van der Waals surface area contributed by atoms with Crippen LogP contribution in [0, 0.1) is 0 Å². The topological polar surface area (TPSA) is 35.5 Å². The highest BCUT2D eigenvalue weighted by molar-refractivity contribution is 7.85. The first kappa shape index (κ1) is 23.7. The molecule has 0 saturated heterocycles. The Balaban J connectivity index is 1.77. The molecule has 0 amide bonds. The molecule has 0 atom stereocenters. The fourth-order valence-electron chi connectivity index (χ4n) is 4.42. The Morgan fingerprint density at radius 2 is 0.833 bits per heavy atom. The number of ether oxygens (including phenoxy) is 2. The highest BCUT2D eigenvalue weighted by Crippen LogP contribution is 2.44. The Morgan fingerprint density at radius 3 is 1.19 bits per heavy atom. The fourth-order valence-corrected chi connectivity index (χ4v) is 7.14. The molecule has 0 spiro atoms. The molecule has 0 N–H and O–H groups in total. The van der Waals surface area contributed by atoms with Crippen LogP contribution in [0.3, 0.4) is 0 Å². The second-order valence-corrected chi connectivity index (χ2v) is 11.3. The van der Waals surface area contributed by atoms with E-state index in [2.05, 4.69) is 18.2 Å². The number of hydrogen-bond acceptors (Lipinski definition) is 3. The van der Waals surface area contributed by atoms with E-state index in [9.17, 15) is 0 Å². The van der Waals surface area contributed by atoms with Gasteiger partial charge in [0.1, 0.15) is 11.5 Å². The molecule has 0 aliphatic heterocycles. The maximum Gasteiger partial charge on any atom is 0.171 e. The summed E-state index contributed by atoms with van der Waals surface area (Å²) in [6, 6.07) is 41.7. The van der Waals surface area contributed by atoms with Crippen molar-refractivity contribution >= 4 is 23.1 Å². The second kappa shape index (κ2) is 10.3. The molecule has 5 aromatic rings. The summed E-state index contributed by atoms with van der Waals surface area (Å²) in [6.07, 6.45) is 0. The van der Waals surface area contributed by atoms with Gasteiger partial charge in [0.2, 0.25) is 0 Å². The first-order valence-corrected chi connectivity index (χ1v) is 13.5. The summed E-state index contributed by atoms with van der Waals surface area (Å²) in [6.45, 7) is 0. The van der Waals surface area contributed by atoms with E-state index in [0.717, 1.165) is 49.7 Å². The molecule has 0 unspecified atom stereocenters. The monoisotopic (exact) mass is 490 g/mol. The van der Waals surface area contributed by atoms with Gasteiger partial charge in [-0.1, -0.05) is 84.9 Å². The van der Waals surface area contributed by atoms with E-state index in [1.54, 1.807) is 14.2 Å². The molecule has 5 aromatic carbocycles. The number of benzene rings is 5. The van der Waals surface area contributed by atoms with Gasteiger partial charge in [-0.3, -0.25) is 0 Å². The zero-order chi connectivity index (χ0) is 25.0. The molecule has 0 heterocycles. The first-order chi connectivity index (χ1) is 17.6. The summed E-state index contributed by atoms with van der Waals surface area (Å²) >= 11 is 0. The zero-order valence-corrected chi connectivity index (χ0v) is 21.2. The highest BCUT2D eigenvalue weighted by atomic mass is 31.2. The maximum atomic E-state index is 15.1. The summed E-state index contributed by atoms with van der Waals surface area (Å²) in [5, 5.41) is 2.41. The largest absolute Gasteiger partial charge is 0.497 e. The van der Waals surface area contributed by atoms with Crippen molar-refractivity contribution in [3.8, 4) is 33.8 Å². The summed E-state index contributed by atoms with van der Waals surface area (Å²) < 4.78 is 25.9. The van der Waals surface area contributed by atoms with Crippen LogP contribution in [0.15, 0.2) is 127 Å². The molecular weight excluding hydrogens is 463 g/mol. The molecule has 36 heavy (non-hydrogen) atoms. The van der Waals surface area contributed by atoms with E-state index in [1.807, 2.05) is 109 Å². The average Bonchev–Trinajstić information content (AvgIpc) is 2.97. The Kier molecular flexibility index (Phi) is 6.75. The molecule has 0 aliphatic rings. The van der Waals surface area contributed by atoms with Gasteiger partial charge >= 0.3 is 0 Å². The molecule has 0 aromatic heterocycles. The maximum absolute atomic E-state index is 15.1. The molecule has 0 aliphatic carbocycles. The normalized spacial score (nSPS) is 11.2.